The van der Waals surface area contributed by atoms with E-state index in [0.717, 1.165) is 28.8 Å². The van der Waals surface area contributed by atoms with Gasteiger partial charge in [-0.05, 0) is 84.9 Å². The number of hydrogen-bond acceptors (Lipinski definition) is 24. The minimum atomic E-state index is -1.27. The summed E-state index contributed by atoms with van der Waals surface area (Å²) in [4.78, 5) is 61.1. The summed E-state index contributed by atoms with van der Waals surface area (Å²) in [6.45, 7) is 1.02. The van der Waals surface area contributed by atoms with Gasteiger partial charge >= 0.3 is 0 Å². The van der Waals surface area contributed by atoms with Crippen LogP contribution in [0.5, 0.6) is 23.0 Å². The molecule has 0 amide bonds. The molecular weight excluding hydrogens is 1060 g/mol. The molecule has 0 saturated carbocycles. The lowest BCUT2D eigenvalue weighted by molar-refractivity contribution is 0.190. The minimum Gasteiger partial charge on any atom is -0.506 e. The normalized spacial score (nSPS) is 11.7. The van der Waals surface area contributed by atoms with E-state index in [9.17, 15) is 15.3 Å². The number of hydrogen-bond donors (Lipinski definition) is 4. The highest BCUT2D eigenvalue weighted by Gasteiger charge is 2.30. The third-order valence-corrected chi connectivity index (χ3v) is 12.1. The van der Waals surface area contributed by atoms with Crippen molar-refractivity contribution >= 4 is 70.3 Å². The molecule has 0 radical (unpaired) electrons. The summed E-state index contributed by atoms with van der Waals surface area (Å²) in [7, 11) is 0. The highest BCUT2D eigenvalue weighted by Crippen LogP contribution is 2.42. The quantitative estimate of drug-likeness (QED) is 0.0384. The smallest absolute Gasteiger partial charge is 0.275 e. The molecule has 0 aliphatic heterocycles. The number of rotatable bonds is 21. The Morgan fingerprint density at radius 3 is 1.34 bits per heavy atom. The van der Waals surface area contributed by atoms with Crippen LogP contribution in [-0.4, -0.2) is 75.1 Å². The lowest BCUT2D eigenvalue weighted by atomic mass is 10.2. The molecule has 26 heteroatoms. The molecule has 1 unspecified atom stereocenters. The van der Waals surface area contributed by atoms with Gasteiger partial charge in [0.15, 0.2) is 5.75 Å². The molecule has 0 bridgehead atoms. The van der Waals surface area contributed by atoms with Crippen molar-refractivity contribution in [2.75, 3.05) is 20.4 Å². The number of phenols is 3. The van der Waals surface area contributed by atoms with Crippen LogP contribution in [0, 0.1) is 0 Å². The lowest BCUT2D eigenvalue weighted by Gasteiger charge is -2.31. The van der Waals surface area contributed by atoms with Gasteiger partial charge in [-0.15, -0.1) is 20.5 Å². The summed E-state index contributed by atoms with van der Waals surface area (Å²) in [5, 5.41) is 49.0. The number of halogens is 2. The van der Waals surface area contributed by atoms with E-state index in [2.05, 4.69) is 65.3 Å². The van der Waals surface area contributed by atoms with Crippen LogP contribution in [0.1, 0.15) is 40.4 Å². The Labute approximate surface area is 465 Å². The first-order chi connectivity index (χ1) is 39.1. The second-order valence-corrected chi connectivity index (χ2v) is 18.0. The Hall–Kier alpha value is -10.5. The number of aromatic nitrogens is 12. The Morgan fingerprint density at radius 1 is 0.438 bits per heavy atom. The Balaban J connectivity index is 1.08. The molecule has 1 atom stereocenters. The summed E-state index contributed by atoms with van der Waals surface area (Å²) < 4.78 is 6.88. The maximum absolute atomic E-state index is 11.2. The number of azo groups is 2. The van der Waals surface area contributed by atoms with Gasteiger partial charge in [-0.3, -0.25) is 34.8 Å². The van der Waals surface area contributed by atoms with Crippen LogP contribution in [0.2, 0.25) is 10.0 Å². The van der Waals surface area contributed by atoms with E-state index in [1.807, 2.05) is 82.6 Å². The monoisotopic (exact) mass is 1110 g/mol. The zero-order valence-electron chi connectivity index (χ0n) is 41.9. The van der Waals surface area contributed by atoms with Gasteiger partial charge in [0.05, 0.1) is 71.2 Å². The van der Waals surface area contributed by atoms with E-state index < -0.39 is 12.0 Å². The van der Waals surface area contributed by atoms with E-state index in [0.29, 0.717) is 11.4 Å². The highest BCUT2D eigenvalue weighted by molar-refractivity contribution is 6.32. The molecule has 0 aliphatic carbocycles. The first kappa shape index (κ1) is 53.0. The van der Waals surface area contributed by atoms with Gasteiger partial charge in [0.1, 0.15) is 34.3 Å². The SMILES string of the molecule is Nc1nc(N=Nc2cc(Cl)c(O)cc2O)nc(N(Cc2ccccn2)C(Oc2cc(O)c(Cl)cc2N=Nc2nc(N(Cc3ccccn3)Cc3ccccn3)nc(N(Cc3ccccn3)Cc3ccccn3)n2)c2ccccn2)n1. The number of anilines is 4. The number of nitrogen functional groups attached to an aromatic ring is 1. The molecule has 0 fully saturated rings. The Kier molecular flexibility index (Phi) is 16.6. The fourth-order valence-corrected chi connectivity index (χ4v) is 8.05. The van der Waals surface area contributed by atoms with Crippen LogP contribution < -0.4 is 25.2 Å². The molecule has 8 heterocycles. The van der Waals surface area contributed by atoms with E-state index in [4.69, 9.17) is 48.6 Å². The molecule has 80 heavy (non-hydrogen) atoms. The second-order valence-electron chi connectivity index (χ2n) is 17.2. The topological polar surface area (TPSA) is 310 Å². The molecule has 2 aromatic carbocycles. The highest BCUT2D eigenvalue weighted by atomic mass is 35.5. The number of nitrogens with two attached hydrogens (primary N) is 1. The molecule has 0 aliphatic rings. The van der Waals surface area contributed by atoms with Crippen molar-refractivity contribution in [1.29, 1.82) is 0 Å². The van der Waals surface area contributed by atoms with Crippen LogP contribution >= 0.6 is 23.2 Å². The van der Waals surface area contributed by atoms with Gasteiger partial charge < -0.3 is 35.6 Å². The van der Waals surface area contributed by atoms with E-state index in [1.54, 1.807) is 78.5 Å². The zero-order valence-corrected chi connectivity index (χ0v) is 43.4. The van der Waals surface area contributed by atoms with Crippen molar-refractivity contribution in [3.05, 3.63) is 215 Å². The lowest BCUT2D eigenvalue weighted by Crippen LogP contribution is -2.34. The standard InChI is InChI=1S/C54H44Cl2N20O4/c55-39-25-42(46(79)27-44(39)77)70-72-50-64-49(57)65-54(68-50)76(33-38-17-5-11-23-62-38)48(41-18-6-12-24-63-41)80-47-28-45(78)40(56)26-43(47)71-73-51-66-52(74(29-34-13-1-7-19-58-34)30-35-14-2-8-20-59-35)69-53(67-51)75(31-36-15-3-9-21-60-36)32-37-16-4-10-22-61-37/h1-28,48,77-79H,29-33H2,(H2,57,64,65,68). The molecule has 398 valence electrons. The summed E-state index contributed by atoms with van der Waals surface area (Å²) in [6.07, 6.45) is 8.74. The van der Waals surface area contributed by atoms with Gasteiger partial charge in [0.25, 0.3) is 11.9 Å². The zero-order chi connectivity index (χ0) is 55.2. The summed E-state index contributed by atoms with van der Waals surface area (Å²) in [5.41, 5.74) is 10.0. The van der Waals surface area contributed by atoms with Crippen molar-refractivity contribution in [2.45, 2.75) is 39.0 Å². The van der Waals surface area contributed by atoms with Gasteiger partial charge in [-0.25, -0.2) is 0 Å². The average molecular weight is 1110 g/mol. The molecule has 24 nitrogen and oxygen atoms in total. The van der Waals surface area contributed by atoms with Crippen molar-refractivity contribution in [2.24, 2.45) is 20.5 Å². The number of nitrogens with zero attached hydrogens (tertiary/aromatic N) is 19. The summed E-state index contributed by atoms with van der Waals surface area (Å²) >= 11 is 12.8. The number of aromatic hydroxyl groups is 3. The van der Waals surface area contributed by atoms with Gasteiger partial charge in [-0.1, -0.05) is 59.6 Å². The fourth-order valence-electron chi connectivity index (χ4n) is 7.73. The van der Waals surface area contributed by atoms with E-state index in [-0.39, 0.29) is 107 Å². The van der Waals surface area contributed by atoms with Crippen molar-refractivity contribution in [1.82, 2.24) is 59.8 Å². The number of phenolic OH excluding ortho intramolecular Hbond substituents is 3. The van der Waals surface area contributed by atoms with Gasteiger partial charge in [-0.2, -0.15) is 29.9 Å². The van der Waals surface area contributed by atoms with Crippen LogP contribution in [0.25, 0.3) is 0 Å². The Bertz CT molecular complexity index is 3550. The van der Waals surface area contributed by atoms with Gasteiger partial charge in [0.2, 0.25) is 30.0 Å². The molecular formula is C54H44Cl2N20O4. The average Bonchev–Trinajstić information content (AvgIpc) is 3.48. The minimum absolute atomic E-state index is 0.0182. The first-order valence-electron chi connectivity index (χ1n) is 24.3. The number of pyridine rings is 6. The second kappa shape index (κ2) is 25.1. The predicted molar refractivity (Wildman–Crippen MR) is 295 cm³/mol. The van der Waals surface area contributed by atoms with Crippen LogP contribution in [0.3, 0.4) is 0 Å². The Morgan fingerprint density at radius 2 is 0.863 bits per heavy atom. The molecule has 5 N–H and O–H groups in total. The maximum atomic E-state index is 11.2. The summed E-state index contributed by atoms with van der Waals surface area (Å²) in [5.74, 6) is -1.52. The molecule has 8 aromatic heterocycles. The first-order valence-corrected chi connectivity index (χ1v) is 25.0. The van der Waals surface area contributed by atoms with E-state index >= 15 is 0 Å². The molecule has 0 saturated heterocycles. The molecule has 10 aromatic rings. The third-order valence-electron chi connectivity index (χ3n) is 11.5. The third kappa shape index (κ3) is 13.7. The predicted octanol–water partition coefficient (Wildman–Crippen LogP) is 10.5. The molecule has 0 spiro atoms. The number of benzene rings is 2. The van der Waals surface area contributed by atoms with Gasteiger partial charge in [0, 0.05) is 49.3 Å². The van der Waals surface area contributed by atoms with Crippen LogP contribution in [0.4, 0.5) is 47.1 Å². The number of ether oxygens (including phenoxy) is 1. The van der Waals surface area contributed by atoms with Crippen molar-refractivity contribution < 1.29 is 20.1 Å². The summed E-state index contributed by atoms with van der Waals surface area (Å²) in [6, 6.07) is 37.9. The fraction of sp³-hybridized carbons (Fsp3) is 0.111. The van der Waals surface area contributed by atoms with Crippen LogP contribution in [0.15, 0.2) is 191 Å². The van der Waals surface area contributed by atoms with Crippen molar-refractivity contribution in [3.63, 3.8) is 0 Å². The van der Waals surface area contributed by atoms with Crippen molar-refractivity contribution in [3.8, 4) is 23.0 Å². The largest absolute Gasteiger partial charge is 0.506 e. The molecule has 10 rings (SSSR count). The van der Waals surface area contributed by atoms with Crippen LogP contribution in [-0.2, 0) is 32.7 Å². The maximum Gasteiger partial charge on any atom is 0.275 e. The van der Waals surface area contributed by atoms with E-state index in [1.165, 1.54) is 18.2 Å².